The Bertz CT molecular complexity index is 527. The molecule has 0 fully saturated rings. The van der Waals surface area contributed by atoms with E-state index in [0.717, 1.165) is 0 Å². The molecule has 0 aromatic carbocycles. The van der Waals surface area contributed by atoms with E-state index in [1.807, 2.05) is 27.7 Å². The fraction of sp³-hybridized carbons (Fsp3) is 0.357. The van der Waals surface area contributed by atoms with Crippen LogP contribution in [0.15, 0.2) is 24.5 Å². The predicted octanol–water partition coefficient (Wildman–Crippen LogP) is 3.17. The second-order valence-corrected chi connectivity index (χ2v) is 2.89. The Balaban J connectivity index is 0.000000741. The Kier molecular flexibility index (Phi) is 7.84. The number of rotatable bonds is 1. The molecule has 5 nitrogen and oxygen atoms in total. The van der Waals surface area contributed by atoms with Gasteiger partial charge in [-0.1, -0.05) is 27.7 Å². The molecule has 0 saturated carbocycles. The minimum atomic E-state index is -0.681. The van der Waals surface area contributed by atoms with Crippen molar-refractivity contribution in [1.29, 1.82) is 0 Å². The van der Waals surface area contributed by atoms with Crippen molar-refractivity contribution in [2.75, 3.05) is 7.11 Å². The minimum absolute atomic E-state index is 0.122. The second kappa shape index (κ2) is 8.85. The highest BCUT2D eigenvalue weighted by Gasteiger charge is 2.16. The lowest BCUT2D eigenvalue weighted by atomic mass is 10.2. The van der Waals surface area contributed by atoms with Crippen molar-refractivity contribution in [1.82, 2.24) is 9.97 Å². The summed E-state index contributed by atoms with van der Waals surface area (Å²) in [5.74, 6) is -0.931. The Morgan fingerprint density at radius 1 is 1.21 bits per heavy atom. The number of aromatic hydroxyl groups is 1. The summed E-state index contributed by atoms with van der Waals surface area (Å²) in [6.07, 6.45) is 3.00. The highest BCUT2D eigenvalue weighted by molar-refractivity contribution is 5.97. The molecule has 104 valence electrons. The Morgan fingerprint density at radius 3 is 2.42 bits per heavy atom. The van der Waals surface area contributed by atoms with Crippen molar-refractivity contribution >= 4 is 16.9 Å². The summed E-state index contributed by atoms with van der Waals surface area (Å²) in [7, 11) is 1.23. The molecule has 2 heterocycles. The second-order valence-electron chi connectivity index (χ2n) is 2.89. The van der Waals surface area contributed by atoms with Crippen molar-refractivity contribution in [3.05, 3.63) is 30.2 Å². The first kappa shape index (κ1) is 16.8. The van der Waals surface area contributed by atoms with E-state index in [-0.39, 0.29) is 11.4 Å². The number of esters is 1. The number of aromatic nitrogens is 2. The van der Waals surface area contributed by atoms with Gasteiger partial charge in [-0.15, -0.1) is 0 Å². The van der Waals surface area contributed by atoms with E-state index in [1.54, 1.807) is 12.1 Å². The minimum Gasteiger partial charge on any atom is -0.504 e. The summed E-state index contributed by atoms with van der Waals surface area (Å²) >= 11 is 0. The van der Waals surface area contributed by atoms with Crippen LogP contribution in [0, 0.1) is 0 Å². The van der Waals surface area contributed by atoms with Crippen LogP contribution in [-0.2, 0) is 4.74 Å². The van der Waals surface area contributed by atoms with Crippen molar-refractivity contribution < 1.29 is 14.6 Å². The van der Waals surface area contributed by atoms with E-state index < -0.39 is 5.97 Å². The third-order valence-corrected chi connectivity index (χ3v) is 2.00. The Morgan fingerprint density at radius 2 is 1.84 bits per heavy atom. The van der Waals surface area contributed by atoms with Crippen LogP contribution in [0.2, 0.25) is 0 Å². The van der Waals surface area contributed by atoms with Gasteiger partial charge in [0.05, 0.1) is 7.11 Å². The van der Waals surface area contributed by atoms with Gasteiger partial charge in [0.25, 0.3) is 0 Å². The summed E-state index contributed by atoms with van der Waals surface area (Å²) in [5.41, 5.74) is 0.219. The van der Waals surface area contributed by atoms with E-state index in [9.17, 15) is 9.90 Å². The van der Waals surface area contributed by atoms with Gasteiger partial charge in [0.2, 0.25) is 0 Å². The molecule has 0 amide bonds. The maximum atomic E-state index is 11.2. The SMILES string of the molecule is CC.CC.COC(=O)c1ncc2cccnc2c1O. The quantitative estimate of drug-likeness (QED) is 0.801. The van der Waals surface area contributed by atoms with Gasteiger partial charge >= 0.3 is 5.97 Å². The van der Waals surface area contributed by atoms with Gasteiger partial charge in [-0.05, 0) is 12.1 Å². The lowest BCUT2D eigenvalue weighted by Gasteiger charge is -2.03. The van der Waals surface area contributed by atoms with Gasteiger partial charge in [-0.2, -0.15) is 0 Å². The van der Waals surface area contributed by atoms with Crippen LogP contribution in [0.1, 0.15) is 38.2 Å². The Hall–Kier alpha value is -2.17. The molecule has 1 N–H and O–H groups in total. The van der Waals surface area contributed by atoms with Gasteiger partial charge in [0, 0.05) is 17.8 Å². The topological polar surface area (TPSA) is 72.3 Å². The largest absolute Gasteiger partial charge is 0.504 e. The molecule has 0 radical (unpaired) electrons. The van der Waals surface area contributed by atoms with Crippen molar-refractivity contribution in [3.8, 4) is 5.75 Å². The summed E-state index contributed by atoms with van der Waals surface area (Å²) < 4.78 is 4.48. The first-order valence-electron chi connectivity index (χ1n) is 6.25. The molecule has 0 bridgehead atoms. The molecule has 0 aliphatic heterocycles. The molecule has 0 saturated heterocycles. The third kappa shape index (κ3) is 3.91. The summed E-state index contributed by atoms with van der Waals surface area (Å²) in [4.78, 5) is 19.0. The van der Waals surface area contributed by atoms with Crippen molar-refractivity contribution in [2.45, 2.75) is 27.7 Å². The van der Waals surface area contributed by atoms with Crippen molar-refractivity contribution in [2.24, 2.45) is 0 Å². The molecule has 0 spiro atoms. The Labute approximate surface area is 113 Å². The molecule has 0 unspecified atom stereocenters. The summed E-state index contributed by atoms with van der Waals surface area (Å²) in [6.45, 7) is 8.00. The third-order valence-electron chi connectivity index (χ3n) is 2.00. The fourth-order valence-electron chi connectivity index (χ4n) is 1.27. The van der Waals surface area contributed by atoms with Crippen LogP contribution in [0.25, 0.3) is 10.9 Å². The molecule has 0 atom stereocenters. The summed E-state index contributed by atoms with van der Waals surface area (Å²) in [5, 5.41) is 10.4. The molecule has 5 heteroatoms. The van der Waals surface area contributed by atoms with Crippen LogP contribution in [0.4, 0.5) is 0 Å². The van der Waals surface area contributed by atoms with Crippen molar-refractivity contribution in [3.63, 3.8) is 0 Å². The zero-order valence-corrected chi connectivity index (χ0v) is 12.0. The number of fused-ring (bicyclic) bond motifs is 1. The molecule has 0 aliphatic rings. The van der Waals surface area contributed by atoms with Gasteiger partial charge in [-0.25, -0.2) is 9.78 Å². The number of pyridine rings is 2. The molecule has 2 aromatic heterocycles. The highest BCUT2D eigenvalue weighted by Crippen LogP contribution is 2.24. The maximum absolute atomic E-state index is 11.2. The van der Waals surface area contributed by atoms with E-state index in [0.29, 0.717) is 10.9 Å². The van der Waals surface area contributed by atoms with Crippen LogP contribution in [0.5, 0.6) is 5.75 Å². The maximum Gasteiger partial charge on any atom is 0.360 e. The highest BCUT2D eigenvalue weighted by atomic mass is 16.5. The van der Waals surface area contributed by atoms with Gasteiger partial charge in [0.15, 0.2) is 11.4 Å². The molecule has 2 rings (SSSR count). The predicted molar refractivity (Wildman–Crippen MR) is 75.2 cm³/mol. The molecular formula is C14H20N2O3. The van der Waals surface area contributed by atoms with Crippen LogP contribution >= 0.6 is 0 Å². The van der Waals surface area contributed by atoms with Gasteiger partial charge in [0.1, 0.15) is 5.52 Å². The monoisotopic (exact) mass is 264 g/mol. The molecule has 0 aliphatic carbocycles. The van der Waals surface area contributed by atoms with E-state index >= 15 is 0 Å². The van der Waals surface area contributed by atoms with Crippen LogP contribution < -0.4 is 0 Å². The first-order valence-corrected chi connectivity index (χ1v) is 6.25. The normalized spacial score (nSPS) is 8.68. The van der Waals surface area contributed by atoms with E-state index in [2.05, 4.69) is 14.7 Å². The zero-order chi connectivity index (χ0) is 14.8. The number of ether oxygens (including phenoxy) is 1. The lowest BCUT2D eigenvalue weighted by molar-refractivity contribution is 0.0591. The lowest BCUT2D eigenvalue weighted by Crippen LogP contribution is -2.04. The fourth-order valence-corrected chi connectivity index (χ4v) is 1.27. The van der Waals surface area contributed by atoms with Crippen LogP contribution in [0.3, 0.4) is 0 Å². The number of hydrogen-bond acceptors (Lipinski definition) is 5. The summed E-state index contributed by atoms with van der Waals surface area (Å²) in [6, 6.07) is 3.47. The first-order chi connectivity index (χ1) is 9.24. The van der Waals surface area contributed by atoms with E-state index in [4.69, 9.17) is 0 Å². The molecular weight excluding hydrogens is 244 g/mol. The molecule has 19 heavy (non-hydrogen) atoms. The van der Waals surface area contributed by atoms with Gasteiger partial charge < -0.3 is 9.84 Å². The number of carbonyl (C=O) groups is 1. The number of methoxy groups -OCH3 is 1. The molecule has 2 aromatic rings. The zero-order valence-electron chi connectivity index (χ0n) is 12.0. The average molecular weight is 264 g/mol. The van der Waals surface area contributed by atoms with Gasteiger partial charge in [-0.3, -0.25) is 4.98 Å². The smallest absolute Gasteiger partial charge is 0.360 e. The number of nitrogens with zero attached hydrogens (tertiary/aromatic N) is 2. The number of hydrogen-bond donors (Lipinski definition) is 1. The number of carbonyl (C=O) groups excluding carboxylic acids is 1. The average Bonchev–Trinajstić information content (AvgIpc) is 2.51. The van der Waals surface area contributed by atoms with E-state index in [1.165, 1.54) is 19.5 Å². The standard InChI is InChI=1S/C10H8N2O3.2C2H6/c1-15-10(14)8-9(13)7-6(5-12-8)3-2-4-11-7;2*1-2/h2-5,13H,1H3;2*1-2H3. The van der Waals surface area contributed by atoms with Crippen LogP contribution in [-0.4, -0.2) is 28.2 Å².